The van der Waals surface area contributed by atoms with Crippen LogP contribution in [0.2, 0.25) is 0 Å². The molecule has 4 rings (SSSR count). The molecule has 192 valence electrons. The second kappa shape index (κ2) is 11.6. The molecule has 0 nitrogen and oxygen atoms in total. The van der Waals surface area contributed by atoms with Crippen LogP contribution in [-0.2, 0) is 41.5 Å². The molecule has 1 unspecified atom stereocenters. The zero-order chi connectivity index (χ0) is 27.6. The number of hydrogen-bond acceptors (Lipinski definition) is 0. The average Bonchev–Trinajstić information content (AvgIpc) is 3.24. The Labute approximate surface area is 238 Å². The van der Waals surface area contributed by atoms with Crippen molar-refractivity contribution in [2.75, 3.05) is 0 Å². The Morgan fingerprint density at radius 2 is 1.39 bits per heavy atom. The van der Waals surface area contributed by atoms with E-state index in [1.807, 2.05) is 0 Å². The predicted molar refractivity (Wildman–Crippen MR) is 156 cm³/mol. The van der Waals surface area contributed by atoms with Crippen molar-refractivity contribution < 1.29 is 24.2 Å². The fraction of sp³-hybridized carbons (Fsp3) is 0.514. The zero-order valence-corrected chi connectivity index (χ0v) is 27.7. The molecular formula is C35H48Zr. The third-order valence-corrected chi connectivity index (χ3v) is 6.54. The fourth-order valence-corrected chi connectivity index (χ4v) is 4.68. The van der Waals surface area contributed by atoms with Crippen molar-refractivity contribution >= 4 is 3.21 Å². The second-order valence-corrected chi connectivity index (χ2v) is 16.2. The molecule has 2 aromatic carbocycles. The molecule has 2 aliphatic rings. The zero-order valence-electron chi connectivity index (χ0n) is 25.2. The van der Waals surface area contributed by atoms with Gasteiger partial charge in [0.2, 0.25) is 0 Å². The fourth-order valence-electron chi connectivity index (χ4n) is 4.68. The number of benzene rings is 2. The van der Waals surface area contributed by atoms with Gasteiger partial charge in [-0.2, -0.15) is 35.4 Å². The molecule has 0 aliphatic heterocycles. The number of hydrogen-bond donors (Lipinski definition) is 0. The molecule has 0 spiro atoms. The van der Waals surface area contributed by atoms with E-state index in [9.17, 15) is 0 Å². The molecule has 2 aromatic rings. The van der Waals surface area contributed by atoms with Gasteiger partial charge in [0.25, 0.3) is 0 Å². The molecule has 0 fully saturated rings. The predicted octanol–water partition coefficient (Wildman–Crippen LogP) is 9.76. The molecule has 1 heteroatoms. The van der Waals surface area contributed by atoms with Crippen LogP contribution in [0.5, 0.6) is 0 Å². The van der Waals surface area contributed by atoms with Gasteiger partial charge in [-0.1, -0.05) is 111 Å². The monoisotopic (exact) mass is 558 g/mol. The van der Waals surface area contributed by atoms with Crippen LogP contribution in [0.3, 0.4) is 0 Å². The van der Waals surface area contributed by atoms with E-state index in [4.69, 9.17) is 0 Å². The molecule has 36 heavy (non-hydrogen) atoms. The Kier molecular flexibility index (Phi) is 9.95. The quantitative estimate of drug-likeness (QED) is 0.240. The van der Waals surface area contributed by atoms with Gasteiger partial charge in [-0.3, -0.25) is 6.08 Å². The van der Waals surface area contributed by atoms with E-state index in [1.54, 1.807) is 24.2 Å². The van der Waals surface area contributed by atoms with E-state index in [-0.39, 0.29) is 10.8 Å². The van der Waals surface area contributed by atoms with Crippen LogP contribution in [0.15, 0.2) is 47.6 Å². The van der Waals surface area contributed by atoms with Crippen LogP contribution in [0.1, 0.15) is 112 Å². The molecule has 0 aromatic heterocycles. The molecule has 0 heterocycles. The molecule has 1 atom stereocenters. The first kappa shape index (κ1) is 30.9. The van der Waals surface area contributed by atoms with Gasteiger partial charge in [0, 0.05) is 0 Å². The van der Waals surface area contributed by atoms with E-state index in [0.29, 0.717) is 11.3 Å². The molecule has 0 bridgehead atoms. The SMILES string of the molecule is CC(C)(C)c1[c-]c2c(cc1)-c1ccc(C(C)(C)C)cc1C2.CC1=[C-]C(C)C=C1C(C)(C)C.C[C](C)=[Zr+2]. The second-order valence-electron chi connectivity index (χ2n) is 13.7. The maximum atomic E-state index is 3.67. The standard InChI is InChI=1S/C21H25.C11H17.C3H6.Zr/c1-20(2,3)16-7-9-18-14(12-16)11-15-13-17(21(4,5)6)8-10-19(15)18;1-8-6-9(2)10(7-8)11(3,4)5;1-3-2;/h7-10,12H,11H2,1-6H3;7-8H,1-5H3;1-2H3;/q2*-1;;+2. The molecular weight excluding hydrogens is 512 g/mol. The van der Waals surface area contributed by atoms with Gasteiger partial charge < -0.3 is 0 Å². The summed E-state index contributed by atoms with van der Waals surface area (Å²) >= 11 is 1.55. The Hall–Kier alpha value is -1.33. The summed E-state index contributed by atoms with van der Waals surface area (Å²) in [5.41, 5.74) is 11.8. The van der Waals surface area contributed by atoms with E-state index in [1.165, 1.54) is 47.7 Å². The van der Waals surface area contributed by atoms with Gasteiger partial charge in [-0.25, -0.2) is 5.57 Å². The summed E-state index contributed by atoms with van der Waals surface area (Å²) in [6, 6.07) is 15.2. The summed E-state index contributed by atoms with van der Waals surface area (Å²) in [7, 11) is 0. The molecule has 0 radical (unpaired) electrons. The number of fused-ring (bicyclic) bond motifs is 3. The topological polar surface area (TPSA) is 0 Å². The first-order valence-electron chi connectivity index (χ1n) is 13.3. The third kappa shape index (κ3) is 8.34. The van der Waals surface area contributed by atoms with Crippen molar-refractivity contribution in [1.29, 1.82) is 0 Å². The van der Waals surface area contributed by atoms with Crippen LogP contribution in [-0.4, -0.2) is 3.21 Å². The van der Waals surface area contributed by atoms with Crippen molar-refractivity contribution in [2.45, 2.75) is 107 Å². The molecule has 0 amide bonds. The van der Waals surface area contributed by atoms with Crippen LogP contribution >= 0.6 is 0 Å². The van der Waals surface area contributed by atoms with E-state index in [2.05, 4.69) is 139 Å². The van der Waals surface area contributed by atoms with E-state index in [0.717, 1.165) is 6.42 Å². The third-order valence-electron chi connectivity index (χ3n) is 6.54. The summed E-state index contributed by atoms with van der Waals surface area (Å²) in [6.45, 7) is 28.9. The summed E-state index contributed by atoms with van der Waals surface area (Å²) in [5, 5.41) is 0. The summed E-state index contributed by atoms with van der Waals surface area (Å²) in [5.74, 6) is 0.518. The summed E-state index contributed by atoms with van der Waals surface area (Å²) < 4.78 is 1.51. The van der Waals surface area contributed by atoms with Crippen LogP contribution in [0.4, 0.5) is 0 Å². The first-order valence-corrected chi connectivity index (χ1v) is 14.6. The van der Waals surface area contributed by atoms with Crippen molar-refractivity contribution in [3.63, 3.8) is 0 Å². The average molecular weight is 560 g/mol. The number of rotatable bonds is 0. The van der Waals surface area contributed by atoms with Crippen molar-refractivity contribution in [1.82, 2.24) is 0 Å². The first-order chi connectivity index (χ1) is 16.3. The van der Waals surface area contributed by atoms with Gasteiger partial charge in [0.05, 0.1) is 0 Å². The Bertz CT molecular complexity index is 1090. The van der Waals surface area contributed by atoms with Gasteiger partial charge in [-0.15, -0.1) is 11.1 Å². The van der Waals surface area contributed by atoms with Crippen molar-refractivity contribution in [3.8, 4) is 11.1 Å². The van der Waals surface area contributed by atoms with E-state index >= 15 is 0 Å². The van der Waals surface area contributed by atoms with Crippen LogP contribution in [0, 0.1) is 23.5 Å². The van der Waals surface area contributed by atoms with Crippen molar-refractivity contribution in [2.24, 2.45) is 11.3 Å². The minimum atomic E-state index is 0.167. The normalized spacial score (nSPS) is 16.6. The molecule has 0 N–H and O–H groups in total. The molecule has 0 saturated carbocycles. The molecule has 2 aliphatic carbocycles. The van der Waals surface area contributed by atoms with E-state index < -0.39 is 0 Å². The Morgan fingerprint density at radius 3 is 1.81 bits per heavy atom. The van der Waals surface area contributed by atoms with Crippen LogP contribution in [0.25, 0.3) is 11.1 Å². The van der Waals surface area contributed by atoms with Gasteiger partial charge >= 0.3 is 41.3 Å². The minimum absolute atomic E-state index is 0.167. The number of allylic oxidation sites excluding steroid dienone is 4. The van der Waals surface area contributed by atoms with Gasteiger partial charge in [0.1, 0.15) is 0 Å². The van der Waals surface area contributed by atoms with Crippen molar-refractivity contribution in [3.05, 3.63) is 82.0 Å². The van der Waals surface area contributed by atoms with Crippen LogP contribution < -0.4 is 0 Å². The summed E-state index contributed by atoms with van der Waals surface area (Å²) in [4.78, 5) is 0. The Morgan fingerprint density at radius 1 is 0.833 bits per heavy atom. The molecule has 0 saturated heterocycles. The summed E-state index contributed by atoms with van der Waals surface area (Å²) in [6.07, 6.45) is 6.74. The van der Waals surface area contributed by atoms with Gasteiger partial charge in [-0.05, 0) is 28.4 Å². The maximum absolute atomic E-state index is 3.67. The van der Waals surface area contributed by atoms with Gasteiger partial charge in [0.15, 0.2) is 0 Å². The Balaban J connectivity index is 0.000000255.